The second-order valence-electron chi connectivity index (χ2n) is 16.2. The van der Waals surface area contributed by atoms with Gasteiger partial charge in [-0.3, -0.25) is 0 Å². The lowest BCUT2D eigenvalue weighted by Gasteiger charge is -2.36. The van der Waals surface area contributed by atoms with Crippen molar-refractivity contribution in [3.05, 3.63) is 233 Å². The van der Waals surface area contributed by atoms with Gasteiger partial charge in [0.25, 0.3) is 0 Å². The number of anilines is 2. The molecule has 60 heavy (non-hydrogen) atoms. The van der Waals surface area contributed by atoms with Crippen molar-refractivity contribution in [2.75, 3.05) is 4.90 Å². The highest BCUT2D eigenvalue weighted by atomic mass is 16.5. The third-order valence-corrected chi connectivity index (χ3v) is 12.4. The van der Waals surface area contributed by atoms with Crippen molar-refractivity contribution in [3.8, 4) is 56.0 Å². The fraction of sp³-hybridized carbons (Fsp3) is 0.103. The van der Waals surface area contributed by atoms with Gasteiger partial charge in [-0.15, -0.1) is 0 Å². The fourth-order valence-electron chi connectivity index (χ4n) is 9.26. The molecule has 0 amide bonds. The molecule has 0 saturated heterocycles. The first-order chi connectivity index (χ1) is 29.4. The Labute approximate surface area is 354 Å². The molecule has 1 aliphatic carbocycles. The molecule has 2 aliphatic rings. The normalized spacial score (nSPS) is 14.4. The van der Waals surface area contributed by atoms with Crippen molar-refractivity contribution in [2.24, 2.45) is 0 Å². The smallest absolute Gasteiger partial charge is 0.135 e. The van der Waals surface area contributed by atoms with Crippen molar-refractivity contribution in [1.29, 1.82) is 0 Å². The highest BCUT2D eigenvalue weighted by Crippen LogP contribution is 2.52. The zero-order valence-electron chi connectivity index (χ0n) is 34.6. The molecule has 290 valence electrons. The number of fused-ring (bicyclic) bond motifs is 6. The molecule has 2 heteroatoms. The second kappa shape index (κ2) is 15.5. The van der Waals surface area contributed by atoms with Crippen LogP contribution in [-0.2, 0) is 0 Å². The summed E-state index contributed by atoms with van der Waals surface area (Å²) in [7, 11) is 0. The lowest BCUT2D eigenvalue weighted by molar-refractivity contribution is 0.483. The Balaban J connectivity index is 1.31. The van der Waals surface area contributed by atoms with Crippen LogP contribution in [0.4, 0.5) is 11.4 Å². The minimum absolute atomic E-state index is 0.187. The van der Waals surface area contributed by atoms with Gasteiger partial charge in [-0.1, -0.05) is 146 Å². The quantitative estimate of drug-likeness (QED) is 0.173. The predicted molar refractivity (Wildman–Crippen MR) is 252 cm³/mol. The van der Waals surface area contributed by atoms with Gasteiger partial charge in [0, 0.05) is 39.6 Å². The number of hydrogen-bond donors (Lipinski definition) is 0. The number of allylic oxidation sites excluding steroid dienone is 3. The number of aryl methyl sites for hydroxylation is 4. The molecule has 8 aromatic rings. The maximum atomic E-state index is 7.35. The second-order valence-corrected chi connectivity index (χ2v) is 16.2. The van der Waals surface area contributed by atoms with Crippen LogP contribution < -0.4 is 9.64 Å². The predicted octanol–water partition coefficient (Wildman–Crippen LogP) is 16.0. The summed E-state index contributed by atoms with van der Waals surface area (Å²) in [5, 5.41) is 0. The highest BCUT2D eigenvalue weighted by molar-refractivity contribution is 5.98. The first-order valence-corrected chi connectivity index (χ1v) is 21.0. The molecule has 0 radical (unpaired) electrons. The lowest BCUT2D eigenvalue weighted by Crippen LogP contribution is -2.22. The lowest BCUT2D eigenvalue weighted by atomic mass is 9.82. The zero-order valence-corrected chi connectivity index (χ0v) is 34.6. The third kappa shape index (κ3) is 6.74. The minimum Gasteiger partial charge on any atom is -0.456 e. The van der Waals surface area contributed by atoms with Crippen LogP contribution in [0.3, 0.4) is 0 Å². The Morgan fingerprint density at radius 1 is 0.433 bits per heavy atom. The SMILES string of the molecule is Cc1ccccc1-c1ccc2c(c1)C1=CC(c3ccccc3C)CC=C1N(c1ccccc1)c1ccc(-c3ccccc3C)cc1-c1cc(-c3ccccc3C)ccc1O2. The molecule has 0 bridgehead atoms. The Kier molecular flexibility index (Phi) is 9.62. The van der Waals surface area contributed by atoms with Crippen LogP contribution in [0.1, 0.15) is 45.7 Å². The average Bonchev–Trinajstić information content (AvgIpc) is 3.28. The van der Waals surface area contributed by atoms with E-state index in [1.807, 2.05) is 0 Å². The summed E-state index contributed by atoms with van der Waals surface area (Å²) in [6, 6.07) is 66.2. The summed E-state index contributed by atoms with van der Waals surface area (Å²) in [6.07, 6.45) is 5.84. The fourth-order valence-corrected chi connectivity index (χ4v) is 9.26. The molecule has 1 atom stereocenters. The summed E-state index contributed by atoms with van der Waals surface area (Å²) >= 11 is 0. The molecule has 8 aromatic carbocycles. The molecular weight excluding hydrogens is 727 g/mol. The van der Waals surface area contributed by atoms with Gasteiger partial charge in [-0.25, -0.2) is 0 Å². The number of hydrogen-bond acceptors (Lipinski definition) is 2. The van der Waals surface area contributed by atoms with Crippen molar-refractivity contribution < 1.29 is 4.74 Å². The van der Waals surface area contributed by atoms with Crippen molar-refractivity contribution in [1.82, 2.24) is 0 Å². The van der Waals surface area contributed by atoms with Gasteiger partial charge in [0.1, 0.15) is 11.5 Å². The average molecular weight is 774 g/mol. The number of rotatable bonds is 5. The van der Waals surface area contributed by atoms with Crippen molar-refractivity contribution >= 4 is 16.9 Å². The van der Waals surface area contributed by atoms with Crippen LogP contribution >= 0.6 is 0 Å². The molecule has 10 rings (SSSR count). The monoisotopic (exact) mass is 773 g/mol. The van der Waals surface area contributed by atoms with Crippen LogP contribution in [0.5, 0.6) is 11.5 Å². The first-order valence-electron chi connectivity index (χ1n) is 21.0. The van der Waals surface area contributed by atoms with E-state index in [0.717, 1.165) is 68.4 Å². The van der Waals surface area contributed by atoms with Gasteiger partial charge in [-0.05, 0) is 144 Å². The maximum Gasteiger partial charge on any atom is 0.135 e. The molecule has 1 heterocycles. The Hall–Kier alpha value is -7.16. The summed E-state index contributed by atoms with van der Waals surface area (Å²) in [5.41, 5.74) is 21.2. The van der Waals surface area contributed by atoms with E-state index in [4.69, 9.17) is 4.74 Å². The number of ether oxygens (including phenoxy) is 1. The zero-order chi connectivity index (χ0) is 40.7. The Morgan fingerprint density at radius 3 is 1.50 bits per heavy atom. The van der Waals surface area contributed by atoms with Crippen LogP contribution in [0.25, 0.3) is 50.1 Å². The van der Waals surface area contributed by atoms with Gasteiger partial charge in [0.2, 0.25) is 0 Å². The number of nitrogens with zero attached hydrogens (tertiary/aromatic N) is 1. The van der Waals surface area contributed by atoms with Crippen molar-refractivity contribution in [3.63, 3.8) is 0 Å². The summed E-state index contributed by atoms with van der Waals surface area (Å²) in [6.45, 7) is 8.81. The van der Waals surface area contributed by atoms with Crippen LogP contribution in [0.2, 0.25) is 0 Å². The minimum atomic E-state index is 0.187. The van der Waals surface area contributed by atoms with Crippen LogP contribution in [0.15, 0.2) is 200 Å². The molecule has 2 nitrogen and oxygen atoms in total. The third-order valence-electron chi connectivity index (χ3n) is 12.4. The van der Waals surface area contributed by atoms with Crippen LogP contribution in [0, 0.1) is 27.7 Å². The van der Waals surface area contributed by atoms with E-state index >= 15 is 0 Å². The molecule has 0 fully saturated rings. The molecule has 0 N–H and O–H groups in total. The maximum absolute atomic E-state index is 7.35. The topological polar surface area (TPSA) is 12.5 Å². The molecular formula is C58H47NO. The standard InChI is InChI=1S/C58H47NO/c1-38-16-8-12-22-47(38)42-26-30-55-51(34-42)53-36-44(49-24-14-10-18-40(49)3)28-32-57(53)60-58-33-29-45(50-25-15-11-19-41(50)4)37-54(58)52-35-43(48-23-13-9-17-39(48)2)27-31-56(52)59(55)46-20-6-5-7-21-46/h5-26,28-37,43H,27H2,1-4H3. The van der Waals surface area contributed by atoms with E-state index < -0.39 is 0 Å². The molecule has 1 aliphatic heterocycles. The Bertz CT molecular complexity index is 2990. The summed E-state index contributed by atoms with van der Waals surface area (Å²) < 4.78 is 7.35. The van der Waals surface area contributed by atoms with Gasteiger partial charge < -0.3 is 9.64 Å². The first kappa shape index (κ1) is 37.1. The van der Waals surface area contributed by atoms with Gasteiger partial charge in [0.05, 0.1) is 5.69 Å². The summed E-state index contributed by atoms with van der Waals surface area (Å²) in [5.74, 6) is 1.83. The largest absolute Gasteiger partial charge is 0.456 e. The number of benzene rings is 8. The Morgan fingerprint density at radius 2 is 0.917 bits per heavy atom. The van der Waals surface area contributed by atoms with E-state index in [0.29, 0.717) is 0 Å². The van der Waals surface area contributed by atoms with E-state index in [2.05, 4.69) is 227 Å². The molecule has 1 unspecified atom stereocenters. The van der Waals surface area contributed by atoms with Crippen molar-refractivity contribution in [2.45, 2.75) is 40.0 Å². The van der Waals surface area contributed by atoms with Gasteiger partial charge in [-0.2, -0.15) is 0 Å². The molecule has 0 saturated carbocycles. The summed E-state index contributed by atoms with van der Waals surface area (Å²) in [4.78, 5) is 2.50. The van der Waals surface area contributed by atoms with Crippen LogP contribution in [-0.4, -0.2) is 0 Å². The van der Waals surface area contributed by atoms with E-state index in [1.54, 1.807) is 0 Å². The number of para-hydroxylation sites is 1. The van der Waals surface area contributed by atoms with E-state index in [1.165, 1.54) is 50.1 Å². The molecule has 0 aromatic heterocycles. The van der Waals surface area contributed by atoms with Gasteiger partial charge in [0.15, 0.2) is 0 Å². The molecule has 0 spiro atoms. The van der Waals surface area contributed by atoms with E-state index in [-0.39, 0.29) is 5.92 Å². The highest BCUT2D eigenvalue weighted by Gasteiger charge is 2.31. The van der Waals surface area contributed by atoms with Gasteiger partial charge >= 0.3 is 0 Å². The van der Waals surface area contributed by atoms with E-state index in [9.17, 15) is 0 Å².